The van der Waals surface area contributed by atoms with Crippen LogP contribution in [0.1, 0.15) is 32.0 Å². The lowest BCUT2D eigenvalue weighted by Crippen LogP contribution is -2.35. The van der Waals surface area contributed by atoms with Crippen molar-refractivity contribution in [3.8, 4) is 11.5 Å². The first-order valence-corrected chi connectivity index (χ1v) is 15.0. The number of Topliss-reactive ketones (excluding diaryl/α,β-unsaturated/α-hetero) is 1. The predicted octanol–water partition coefficient (Wildman–Crippen LogP) is 4.80. The summed E-state index contributed by atoms with van der Waals surface area (Å²) < 4.78 is 27.5. The number of ketones is 1. The van der Waals surface area contributed by atoms with Crippen molar-refractivity contribution in [2.45, 2.75) is 13.0 Å². The molecule has 0 atom stereocenters. The summed E-state index contributed by atoms with van der Waals surface area (Å²) in [6.07, 6.45) is 0.792. The SMILES string of the molecule is COCCOCCOCCOc1cc2c(cc1OC)CCN(CC(=O)c1cccc(NC(=O)c3ccc4ccccc4n3)c1)C2. The van der Waals surface area contributed by atoms with Gasteiger partial charge >= 0.3 is 0 Å². The molecule has 0 aliphatic carbocycles. The summed E-state index contributed by atoms with van der Waals surface area (Å²) in [6.45, 7) is 4.49. The summed E-state index contributed by atoms with van der Waals surface area (Å²) in [4.78, 5) is 32.8. The highest BCUT2D eigenvalue weighted by Crippen LogP contribution is 2.33. The molecule has 10 nitrogen and oxygen atoms in total. The Balaban J connectivity index is 1.14. The minimum absolute atomic E-state index is 0.0216. The monoisotopic (exact) mass is 613 g/mol. The molecule has 0 bridgehead atoms. The van der Waals surface area contributed by atoms with Crippen molar-refractivity contribution >= 4 is 28.3 Å². The first-order valence-electron chi connectivity index (χ1n) is 15.0. The van der Waals surface area contributed by atoms with Crippen LogP contribution in [0.3, 0.4) is 0 Å². The highest BCUT2D eigenvalue weighted by molar-refractivity contribution is 6.05. The minimum Gasteiger partial charge on any atom is -0.493 e. The summed E-state index contributed by atoms with van der Waals surface area (Å²) in [5.41, 5.74) is 4.42. The van der Waals surface area contributed by atoms with Crippen LogP contribution in [0.15, 0.2) is 72.8 Å². The standard InChI is InChI=1S/C35H39N3O7/c1-41-14-15-43-16-17-44-18-19-45-34-22-28-23-38(13-12-26(28)21-33(34)42-2)24-32(39)27-7-5-8-29(20-27)36-35(40)31-11-10-25-6-3-4-9-30(25)37-31/h3-11,20-22H,12-19,23-24H2,1-2H3,(H,36,40). The lowest BCUT2D eigenvalue weighted by molar-refractivity contribution is 0.0178. The number of benzene rings is 3. The topological polar surface area (TPSA) is 108 Å². The number of rotatable bonds is 16. The summed E-state index contributed by atoms with van der Waals surface area (Å²) in [5.74, 6) is 0.976. The van der Waals surface area contributed by atoms with Gasteiger partial charge in [-0.1, -0.05) is 36.4 Å². The first kappa shape index (κ1) is 32.1. The Bertz CT molecular complexity index is 1610. The molecule has 3 aromatic carbocycles. The summed E-state index contributed by atoms with van der Waals surface area (Å²) in [5, 5.41) is 3.84. The summed E-state index contributed by atoms with van der Waals surface area (Å²) >= 11 is 0. The van der Waals surface area contributed by atoms with Crippen molar-refractivity contribution in [2.24, 2.45) is 0 Å². The highest BCUT2D eigenvalue weighted by Gasteiger charge is 2.22. The number of fused-ring (bicyclic) bond motifs is 2. The number of amides is 1. The number of hydrogen-bond acceptors (Lipinski definition) is 9. The van der Waals surface area contributed by atoms with Crippen molar-refractivity contribution in [3.05, 3.63) is 95.2 Å². The second-order valence-electron chi connectivity index (χ2n) is 10.6. The van der Waals surface area contributed by atoms with E-state index in [1.54, 1.807) is 44.6 Å². The van der Waals surface area contributed by atoms with Crippen LogP contribution in [0, 0.1) is 0 Å². The van der Waals surface area contributed by atoms with Crippen LogP contribution in [0.2, 0.25) is 0 Å². The zero-order chi connectivity index (χ0) is 31.4. The normalized spacial score (nSPS) is 12.9. The number of methoxy groups -OCH3 is 2. The van der Waals surface area contributed by atoms with Gasteiger partial charge < -0.3 is 29.0 Å². The number of carbonyl (C=O) groups is 2. The number of para-hydroxylation sites is 1. The molecule has 1 aliphatic heterocycles. The maximum atomic E-state index is 13.3. The van der Waals surface area contributed by atoms with Crippen LogP contribution in [-0.4, -0.2) is 88.5 Å². The fourth-order valence-electron chi connectivity index (χ4n) is 5.16. The number of anilines is 1. The molecule has 2 heterocycles. The van der Waals surface area contributed by atoms with Crippen LogP contribution in [-0.2, 0) is 27.2 Å². The smallest absolute Gasteiger partial charge is 0.274 e. The Hall–Kier alpha value is -4.35. The molecule has 1 N–H and O–H groups in total. The van der Waals surface area contributed by atoms with Gasteiger partial charge in [-0.15, -0.1) is 0 Å². The maximum absolute atomic E-state index is 13.3. The second kappa shape index (κ2) is 16.1. The third-order valence-corrected chi connectivity index (χ3v) is 7.51. The van der Waals surface area contributed by atoms with E-state index in [1.807, 2.05) is 42.5 Å². The molecule has 236 valence electrons. The molecule has 0 radical (unpaired) electrons. The van der Waals surface area contributed by atoms with Gasteiger partial charge in [0.25, 0.3) is 5.91 Å². The van der Waals surface area contributed by atoms with Gasteiger partial charge in [-0.25, -0.2) is 4.98 Å². The van der Waals surface area contributed by atoms with E-state index >= 15 is 0 Å². The Morgan fingerprint density at radius 3 is 2.42 bits per heavy atom. The summed E-state index contributed by atoms with van der Waals surface area (Å²) in [6, 6.07) is 22.2. The fraction of sp³-hybridized carbons (Fsp3) is 0.343. The van der Waals surface area contributed by atoms with Gasteiger partial charge in [0.05, 0.1) is 52.2 Å². The van der Waals surface area contributed by atoms with E-state index in [4.69, 9.17) is 23.7 Å². The van der Waals surface area contributed by atoms with Crippen molar-refractivity contribution in [2.75, 3.05) is 72.3 Å². The Labute approximate surface area is 263 Å². The minimum atomic E-state index is -0.329. The Kier molecular flexibility index (Phi) is 11.5. The van der Waals surface area contributed by atoms with E-state index in [1.165, 1.54) is 5.56 Å². The number of nitrogens with one attached hydrogen (secondary N) is 1. The van der Waals surface area contributed by atoms with Crippen molar-refractivity contribution in [3.63, 3.8) is 0 Å². The average Bonchev–Trinajstić information content (AvgIpc) is 3.07. The van der Waals surface area contributed by atoms with Crippen molar-refractivity contribution < 1.29 is 33.3 Å². The van der Waals surface area contributed by atoms with Crippen LogP contribution < -0.4 is 14.8 Å². The van der Waals surface area contributed by atoms with Gasteiger partial charge in [0.1, 0.15) is 12.3 Å². The van der Waals surface area contributed by atoms with E-state index in [-0.39, 0.29) is 18.2 Å². The average molecular weight is 614 g/mol. The first-order chi connectivity index (χ1) is 22.0. The van der Waals surface area contributed by atoms with Gasteiger partial charge in [0.15, 0.2) is 17.3 Å². The Morgan fingerprint density at radius 2 is 1.60 bits per heavy atom. The predicted molar refractivity (Wildman–Crippen MR) is 171 cm³/mol. The molecule has 5 rings (SSSR count). The molecule has 1 aliphatic rings. The largest absolute Gasteiger partial charge is 0.493 e. The van der Waals surface area contributed by atoms with E-state index in [9.17, 15) is 9.59 Å². The number of carbonyl (C=O) groups excluding carboxylic acids is 2. The molecule has 0 fully saturated rings. The van der Waals surface area contributed by atoms with Gasteiger partial charge in [-0.3, -0.25) is 14.5 Å². The lowest BCUT2D eigenvalue weighted by Gasteiger charge is -2.29. The van der Waals surface area contributed by atoms with Crippen molar-refractivity contribution in [1.82, 2.24) is 9.88 Å². The van der Waals surface area contributed by atoms with Crippen LogP contribution >= 0.6 is 0 Å². The van der Waals surface area contributed by atoms with Crippen LogP contribution in [0.4, 0.5) is 5.69 Å². The van der Waals surface area contributed by atoms with Crippen LogP contribution in [0.5, 0.6) is 11.5 Å². The van der Waals surface area contributed by atoms with Gasteiger partial charge in [-0.2, -0.15) is 0 Å². The number of aromatic nitrogens is 1. The van der Waals surface area contributed by atoms with E-state index in [2.05, 4.69) is 15.2 Å². The third kappa shape index (κ3) is 8.86. The highest BCUT2D eigenvalue weighted by atomic mass is 16.6. The number of pyridine rings is 1. The van der Waals surface area contributed by atoms with Gasteiger partial charge in [-0.05, 0) is 53.9 Å². The zero-order valence-corrected chi connectivity index (χ0v) is 25.8. The molecule has 0 spiro atoms. The van der Waals surface area contributed by atoms with E-state index in [0.29, 0.717) is 74.6 Å². The quantitative estimate of drug-likeness (QED) is 0.141. The lowest BCUT2D eigenvalue weighted by atomic mass is 9.98. The van der Waals surface area contributed by atoms with E-state index in [0.717, 1.165) is 29.4 Å². The third-order valence-electron chi connectivity index (χ3n) is 7.51. The van der Waals surface area contributed by atoms with Crippen molar-refractivity contribution in [1.29, 1.82) is 0 Å². The Morgan fingerprint density at radius 1 is 0.822 bits per heavy atom. The molecule has 0 unspecified atom stereocenters. The molecule has 4 aromatic rings. The molecular weight excluding hydrogens is 574 g/mol. The molecule has 1 amide bonds. The summed E-state index contributed by atoms with van der Waals surface area (Å²) in [7, 11) is 3.27. The van der Waals surface area contributed by atoms with Crippen LogP contribution in [0.25, 0.3) is 10.9 Å². The maximum Gasteiger partial charge on any atom is 0.274 e. The van der Waals surface area contributed by atoms with Gasteiger partial charge in [0.2, 0.25) is 0 Å². The molecule has 0 saturated carbocycles. The number of nitrogens with zero attached hydrogens (tertiary/aromatic N) is 2. The second-order valence-corrected chi connectivity index (χ2v) is 10.6. The zero-order valence-electron chi connectivity index (χ0n) is 25.8. The molecule has 0 saturated heterocycles. The fourth-order valence-corrected chi connectivity index (χ4v) is 5.16. The molecule has 45 heavy (non-hydrogen) atoms. The van der Waals surface area contributed by atoms with E-state index < -0.39 is 0 Å². The molecule has 1 aromatic heterocycles. The van der Waals surface area contributed by atoms with Gasteiger partial charge in [0, 0.05) is 36.8 Å². The number of ether oxygens (including phenoxy) is 5. The molecular formula is C35H39N3O7. The molecule has 10 heteroatoms. The number of hydrogen-bond donors (Lipinski definition) is 1.